The molecule has 2 aromatic heterocycles. The normalized spacial score (nSPS) is 10.5. The highest BCUT2D eigenvalue weighted by atomic mass is 32.1. The molecule has 0 saturated carbocycles. The van der Waals surface area contributed by atoms with Crippen LogP contribution in [0.25, 0.3) is 10.9 Å². The van der Waals surface area contributed by atoms with Crippen molar-refractivity contribution >= 4 is 39.6 Å². The monoisotopic (exact) mass is 294 g/mol. The first-order chi connectivity index (χ1) is 10.1. The summed E-state index contributed by atoms with van der Waals surface area (Å²) in [4.78, 5) is 9.18. The Morgan fingerprint density at radius 2 is 2.00 bits per heavy atom. The van der Waals surface area contributed by atoms with Crippen LogP contribution in [0.1, 0.15) is 11.3 Å². The fourth-order valence-corrected chi connectivity index (χ4v) is 2.41. The first-order valence-corrected chi connectivity index (χ1v) is 6.94. The molecule has 0 saturated heterocycles. The van der Waals surface area contributed by atoms with Gasteiger partial charge in [-0.3, -0.25) is 4.98 Å². The lowest BCUT2D eigenvalue weighted by Crippen LogP contribution is -2.12. The van der Waals surface area contributed by atoms with Crippen LogP contribution >= 0.6 is 12.2 Å². The van der Waals surface area contributed by atoms with Gasteiger partial charge in [-0.05, 0) is 31.2 Å². The maximum Gasteiger partial charge on any atom is 0.140 e. The van der Waals surface area contributed by atoms with Crippen molar-refractivity contribution in [3.8, 4) is 0 Å². The third kappa shape index (κ3) is 2.68. The zero-order valence-corrected chi connectivity index (χ0v) is 12.3. The number of nitrogens with one attached hydrogen (secondary N) is 1. The van der Waals surface area contributed by atoms with E-state index >= 15 is 0 Å². The third-order valence-electron chi connectivity index (χ3n) is 3.17. The standard InChI is InChI=1S/C16H14N4S/c1-10-9-14(11-5-2-3-7-13(11)19-10)20-16-12(15(17)21)6-4-8-18-16/h2-9H,1H3,(H2,17,21)(H,18,19,20). The van der Waals surface area contributed by atoms with E-state index in [1.165, 1.54) is 0 Å². The zero-order chi connectivity index (χ0) is 14.8. The van der Waals surface area contributed by atoms with Crippen LogP contribution in [0, 0.1) is 6.92 Å². The maximum atomic E-state index is 5.75. The molecule has 1 aromatic carbocycles. The van der Waals surface area contributed by atoms with Crippen molar-refractivity contribution in [1.82, 2.24) is 9.97 Å². The Morgan fingerprint density at radius 3 is 2.81 bits per heavy atom. The second kappa shape index (κ2) is 5.46. The number of fused-ring (bicyclic) bond motifs is 1. The lowest BCUT2D eigenvalue weighted by atomic mass is 10.1. The predicted octanol–water partition coefficient (Wildman–Crippen LogP) is 3.32. The molecule has 0 unspecified atom stereocenters. The van der Waals surface area contributed by atoms with Gasteiger partial charge in [0.15, 0.2) is 0 Å². The van der Waals surface area contributed by atoms with Crippen molar-refractivity contribution in [2.24, 2.45) is 5.73 Å². The summed E-state index contributed by atoms with van der Waals surface area (Å²) in [7, 11) is 0. The largest absolute Gasteiger partial charge is 0.389 e. The fourth-order valence-electron chi connectivity index (χ4n) is 2.24. The van der Waals surface area contributed by atoms with Crippen molar-refractivity contribution in [1.29, 1.82) is 0 Å². The predicted molar refractivity (Wildman–Crippen MR) is 89.9 cm³/mol. The van der Waals surface area contributed by atoms with Crippen LogP contribution in [-0.2, 0) is 0 Å². The number of para-hydroxylation sites is 1. The third-order valence-corrected chi connectivity index (χ3v) is 3.39. The molecule has 0 aliphatic heterocycles. The molecular formula is C16H14N4S. The van der Waals surface area contributed by atoms with Crippen LogP contribution in [0.4, 0.5) is 11.5 Å². The van der Waals surface area contributed by atoms with E-state index in [9.17, 15) is 0 Å². The number of anilines is 2. The Kier molecular flexibility index (Phi) is 3.50. The van der Waals surface area contributed by atoms with E-state index in [0.717, 1.165) is 27.8 Å². The lowest BCUT2D eigenvalue weighted by molar-refractivity contribution is 1.24. The number of benzene rings is 1. The number of aryl methyl sites for hydroxylation is 1. The van der Waals surface area contributed by atoms with Gasteiger partial charge >= 0.3 is 0 Å². The molecule has 4 nitrogen and oxygen atoms in total. The van der Waals surface area contributed by atoms with Crippen molar-refractivity contribution in [2.45, 2.75) is 6.92 Å². The molecular weight excluding hydrogens is 280 g/mol. The Bertz CT molecular complexity index is 829. The summed E-state index contributed by atoms with van der Waals surface area (Å²) >= 11 is 5.07. The maximum absolute atomic E-state index is 5.75. The molecule has 0 fully saturated rings. The average Bonchev–Trinajstić information content (AvgIpc) is 2.47. The molecule has 3 N–H and O–H groups in total. The van der Waals surface area contributed by atoms with E-state index in [1.807, 2.05) is 49.4 Å². The molecule has 3 rings (SSSR count). The number of nitrogens with zero attached hydrogens (tertiary/aromatic N) is 2. The van der Waals surface area contributed by atoms with Crippen molar-refractivity contribution in [2.75, 3.05) is 5.32 Å². The van der Waals surface area contributed by atoms with E-state index < -0.39 is 0 Å². The van der Waals surface area contributed by atoms with E-state index in [1.54, 1.807) is 6.20 Å². The van der Waals surface area contributed by atoms with Gasteiger partial charge in [-0.25, -0.2) is 4.98 Å². The molecule has 21 heavy (non-hydrogen) atoms. The van der Waals surface area contributed by atoms with Gasteiger partial charge < -0.3 is 11.1 Å². The smallest absolute Gasteiger partial charge is 0.140 e. The minimum atomic E-state index is 0.320. The number of rotatable bonds is 3. The van der Waals surface area contributed by atoms with Crippen LogP contribution in [0.15, 0.2) is 48.7 Å². The average molecular weight is 294 g/mol. The first kappa shape index (κ1) is 13.5. The highest BCUT2D eigenvalue weighted by molar-refractivity contribution is 7.80. The summed E-state index contributed by atoms with van der Waals surface area (Å²) in [5.74, 6) is 0.653. The highest BCUT2D eigenvalue weighted by Gasteiger charge is 2.09. The Balaban J connectivity index is 2.13. The minimum Gasteiger partial charge on any atom is -0.389 e. The van der Waals surface area contributed by atoms with Gasteiger partial charge in [-0.15, -0.1) is 0 Å². The van der Waals surface area contributed by atoms with Gasteiger partial charge in [0.1, 0.15) is 10.8 Å². The van der Waals surface area contributed by atoms with E-state index in [0.29, 0.717) is 10.8 Å². The minimum absolute atomic E-state index is 0.320. The van der Waals surface area contributed by atoms with Gasteiger partial charge in [0, 0.05) is 17.3 Å². The molecule has 2 heterocycles. The number of hydrogen-bond acceptors (Lipinski definition) is 4. The molecule has 0 bridgehead atoms. The topological polar surface area (TPSA) is 63.8 Å². The SMILES string of the molecule is Cc1cc(Nc2ncccc2C(N)=S)c2ccccc2n1. The van der Waals surface area contributed by atoms with Gasteiger partial charge in [0.2, 0.25) is 0 Å². The molecule has 0 aliphatic carbocycles. The van der Waals surface area contributed by atoms with Crippen LogP contribution in [0.2, 0.25) is 0 Å². The highest BCUT2D eigenvalue weighted by Crippen LogP contribution is 2.26. The van der Waals surface area contributed by atoms with Crippen LogP contribution in [0.3, 0.4) is 0 Å². The summed E-state index contributed by atoms with van der Waals surface area (Å²) < 4.78 is 0. The van der Waals surface area contributed by atoms with E-state index in [2.05, 4.69) is 15.3 Å². The van der Waals surface area contributed by atoms with Crippen LogP contribution in [0.5, 0.6) is 0 Å². The van der Waals surface area contributed by atoms with Crippen molar-refractivity contribution < 1.29 is 0 Å². The van der Waals surface area contributed by atoms with E-state index in [-0.39, 0.29) is 0 Å². The quantitative estimate of drug-likeness (QED) is 0.726. The zero-order valence-electron chi connectivity index (χ0n) is 11.5. The molecule has 104 valence electrons. The summed E-state index contributed by atoms with van der Waals surface area (Å²) in [6.07, 6.45) is 1.71. The van der Waals surface area contributed by atoms with Gasteiger partial charge in [0.25, 0.3) is 0 Å². The van der Waals surface area contributed by atoms with Gasteiger partial charge in [-0.1, -0.05) is 30.4 Å². The van der Waals surface area contributed by atoms with Crippen molar-refractivity contribution in [3.63, 3.8) is 0 Å². The molecule has 3 aromatic rings. The molecule has 5 heteroatoms. The van der Waals surface area contributed by atoms with Crippen LogP contribution in [-0.4, -0.2) is 15.0 Å². The molecule has 0 spiro atoms. The van der Waals surface area contributed by atoms with Crippen molar-refractivity contribution in [3.05, 3.63) is 59.9 Å². The number of pyridine rings is 2. The van der Waals surface area contributed by atoms with Gasteiger partial charge in [0.05, 0.1) is 16.8 Å². The summed E-state index contributed by atoms with van der Waals surface area (Å²) in [6, 6.07) is 13.6. The number of thiocarbonyl (C=S) groups is 1. The first-order valence-electron chi connectivity index (χ1n) is 6.53. The van der Waals surface area contributed by atoms with Crippen LogP contribution < -0.4 is 11.1 Å². The number of aromatic nitrogens is 2. The second-order valence-corrected chi connectivity index (χ2v) is 5.16. The fraction of sp³-hybridized carbons (Fsp3) is 0.0625. The lowest BCUT2D eigenvalue weighted by Gasteiger charge is -2.12. The summed E-state index contributed by atoms with van der Waals surface area (Å²) in [6.45, 7) is 1.96. The second-order valence-electron chi connectivity index (χ2n) is 4.72. The molecule has 0 amide bonds. The summed E-state index contributed by atoms with van der Waals surface area (Å²) in [5, 5.41) is 4.35. The summed E-state index contributed by atoms with van der Waals surface area (Å²) in [5.41, 5.74) is 9.29. The Hall–Kier alpha value is -2.53. The number of hydrogen-bond donors (Lipinski definition) is 2. The number of nitrogens with two attached hydrogens (primary N) is 1. The molecule has 0 aliphatic rings. The Morgan fingerprint density at radius 1 is 1.19 bits per heavy atom. The van der Waals surface area contributed by atoms with Gasteiger partial charge in [-0.2, -0.15) is 0 Å². The van der Waals surface area contributed by atoms with E-state index in [4.69, 9.17) is 18.0 Å². The molecule has 0 atom stereocenters. The molecule has 0 radical (unpaired) electrons. The Labute approximate surface area is 128 Å².